The van der Waals surface area contributed by atoms with Gasteiger partial charge in [0.15, 0.2) is 5.54 Å². The number of urea groups is 1. The lowest BCUT2D eigenvalue weighted by Gasteiger charge is -2.44. The van der Waals surface area contributed by atoms with E-state index in [4.69, 9.17) is 10.5 Å². The summed E-state index contributed by atoms with van der Waals surface area (Å²) in [6, 6.07) is 3.71. The van der Waals surface area contributed by atoms with Gasteiger partial charge < -0.3 is 10.5 Å². The number of hydrogen-bond donors (Lipinski definition) is 1. The van der Waals surface area contributed by atoms with Gasteiger partial charge in [-0.05, 0) is 49.6 Å². The predicted octanol–water partition coefficient (Wildman–Crippen LogP) is 1.68. The third-order valence-electron chi connectivity index (χ3n) is 4.16. The summed E-state index contributed by atoms with van der Waals surface area (Å²) < 4.78 is 5.26. The highest BCUT2D eigenvalue weighted by atomic mass is 16.5. The Hall–Kier alpha value is -1.88. The molecule has 0 atom stereocenters. The van der Waals surface area contributed by atoms with E-state index < -0.39 is 5.54 Å². The molecule has 5 heteroatoms. The number of benzene rings is 1. The van der Waals surface area contributed by atoms with Crippen LogP contribution in [0.1, 0.15) is 16.7 Å². The number of aryl methyl sites for hydroxylation is 2. The van der Waals surface area contributed by atoms with E-state index >= 15 is 0 Å². The standard InChI is InChI=1S/C14H17N3O2/c1-8-4-11(5-9(2)10(8)3)17-13(18)16-12(15)14(17)6-19-7-14/h4-5H,6-7H2,1-3H3,(H2,15,16,18). The minimum absolute atomic E-state index is 0.302. The lowest BCUT2D eigenvalue weighted by molar-refractivity contribution is -0.0160. The highest BCUT2D eigenvalue weighted by Gasteiger charge is 2.55. The number of anilines is 1. The molecule has 1 saturated heterocycles. The Morgan fingerprint density at radius 3 is 2.32 bits per heavy atom. The molecular formula is C14H17N3O2. The fourth-order valence-corrected chi connectivity index (χ4v) is 2.63. The number of carbonyl (C=O) groups excluding carboxylic acids is 1. The van der Waals surface area contributed by atoms with E-state index in [-0.39, 0.29) is 6.03 Å². The van der Waals surface area contributed by atoms with E-state index in [1.165, 1.54) is 5.56 Å². The smallest absolute Gasteiger partial charge is 0.350 e. The summed E-state index contributed by atoms with van der Waals surface area (Å²) in [5, 5.41) is 0. The van der Waals surface area contributed by atoms with Crippen molar-refractivity contribution < 1.29 is 9.53 Å². The van der Waals surface area contributed by atoms with Gasteiger partial charge in [-0.25, -0.2) is 4.79 Å². The Morgan fingerprint density at radius 2 is 1.84 bits per heavy atom. The first-order chi connectivity index (χ1) is 8.95. The molecule has 0 bridgehead atoms. The number of carbonyl (C=O) groups is 1. The van der Waals surface area contributed by atoms with Crippen LogP contribution in [0, 0.1) is 20.8 Å². The molecule has 0 saturated carbocycles. The molecule has 2 heterocycles. The lowest BCUT2D eigenvalue weighted by Crippen LogP contribution is -2.67. The van der Waals surface area contributed by atoms with E-state index in [9.17, 15) is 4.79 Å². The maximum atomic E-state index is 12.1. The van der Waals surface area contributed by atoms with Crippen molar-refractivity contribution in [3.8, 4) is 0 Å². The minimum Gasteiger partial charge on any atom is -0.385 e. The lowest BCUT2D eigenvalue weighted by atomic mass is 9.93. The largest absolute Gasteiger partial charge is 0.385 e. The number of rotatable bonds is 1. The number of aliphatic imine (C=N–C) groups is 1. The second-order valence-electron chi connectivity index (χ2n) is 5.34. The van der Waals surface area contributed by atoms with Crippen LogP contribution in [0.4, 0.5) is 10.5 Å². The van der Waals surface area contributed by atoms with Crippen molar-refractivity contribution >= 4 is 17.6 Å². The number of amidine groups is 1. The average Bonchev–Trinajstić information content (AvgIpc) is 2.56. The zero-order chi connectivity index (χ0) is 13.8. The molecule has 2 aliphatic heterocycles. The second-order valence-corrected chi connectivity index (χ2v) is 5.34. The van der Waals surface area contributed by atoms with Gasteiger partial charge in [0, 0.05) is 5.69 Å². The number of ether oxygens (including phenoxy) is 1. The van der Waals surface area contributed by atoms with Crippen molar-refractivity contribution in [1.82, 2.24) is 0 Å². The van der Waals surface area contributed by atoms with Crippen molar-refractivity contribution in [1.29, 1.82) is 0 Å². The molecule has 5 nitrogen and oxygen atoms in total. The van der Waals surface area contributed by atoms with Crippen molar-refractivity contribution in [2.24, 2.45) is 10.7 Å². The molecule has 2 aliphatic rings. The molecule has 3 rings (SSSR count). The summed E-state index contributed by atoms with van der Waals surface area (Å²) >= 11 is 0. The first-order valence-electron chi connectivity index (χ1n) is 6.30. The van der Waals surface area contributed by atoms with Crippen LogP contribution in [0.25, 0.3) is 0 Å². The van der Waals surface area contributed by atoms with Gasteiger partial charge in [0.1, 0.15) is 5.84 Å². The highest BCUT2D eigenvalue weighted by Crippen LogP contribution is 2.36. The summed E-state index contributed by atoms with van der Waals surface area (Å²) in [5.74, 6) is 0.361. The molecule has 2 amide bonds. The second kappa shape index (κ2) is 3.81. The van der Waals surface area contributed by atoms with Crippen LogP contribution in [-0.2, 0) is 4.74 Å². The topological polar surface area (TPSA) is 67.9 Å². The van der Waals surface area contributed by atoms with Crippen molar-refractivity contribution in [3.63, 3.8) is 0 Å². The van der Waals surface area contributed by atoms with E-state index in [0.717, 1.165) is 16.8 Å². The molecule has 1 aromatic rings. The normalized spacial score (nSPS) is 20.7. The van der Waals surface area contributed by atoms with Gasteiger partial charge >= 0.3 is 6.03 Å². The first kappa shape index (κ1) is 12.2. The monoisotopic (exact) mass is 259 g/mol. The van der Waals surface area contributed by atoms with Gasteiger partial charge in [-0.2, -0.15) is 4.99 Å². The van der Waals surface area contributed by atoms with Crippen LogP contribution in [0.2, 0.25) is 0 Å². The van der Waals surface area contributed by atoms with Crippen molar-refractivity contribution in [2.75, 3.05) is 18.1 Å². The third-order valence-corrected chi connectivity index (χ3v) is 4.16. The van der Waals surface area contributed by atoms with Crippen LogP contribution in [0.3, 0.4) is 0 Å². The first-order valence-corrected chi connectivity index (χ1v) is 6.30. The molecule has 1 fully saturated rings. The number of hydrogen-bond acceptors (Lipinski definition) is 3. The van der Waals surface area contributed by atoms with Crippen LogP contribution in [0.15, 0.2) is 17.1 Å². The van der Waals surface area contributed by atoms with E-state index in [1.54, 1.807) is 4.90 Å². The van der Waals surface area contributed by atoms with Crippen molar-refractivity contribution in [2.45, 2.75) is 26.3 Å². The zero-order valence-electron chi connectivity index (χ0n) is 11.4. The SMILES string of the molecule is Cc1cc(N2C(=O)N=C(N)C23COC3)cc(C)c1C. The van der Waals surface area contributed by atoms with Crippen molar-refractivity contribution in [3.05, 3.63) is 28.8 Å². The fraction of sp³-hybridized carbons (Fsp3) is 0.429. The Balaban J connectivity index is 2.10. The number of nitrogens with two attached hydrogens (primary N) is 1. The Morgan fingerprint density at radius 1 is 1.26 bits per heavy atom. The molecule has 1 aromatic carbocycles. The van der Waals surface area contributed by atoms with Gasteiger partial charge in [-0.3, -0.25) is 4.90 Å². The third kappa shape index (κ3) is 1.51. The summed E-state index contributed by atoms with van der Waals surface area (Å²) in [6.07, 6.45) is 0. The molecular weight excluding hydrogens is 242 g/mol. The highest BCUT2D eigenvalue weighted by molar-refractivity contribution is 6.16. The maximum Gasteiger partial charge on any atom is 0.350 e. The van der Waals surface area contributed by atoms with Crippen LogP contribution in [-0.4, -0.2) is 30.6 Å². The van der Waals surface area contributed by atoms with E-state index in [1.807, 2.05) is 26.0 Å². The van der Waals surface area contributed by atoms with Gasteiger partial charge in [0.2, 0.25) is 0 Å². The van der Waals surface area contributed by atoms with Crippen LogP contribution in [0.5, 0.6) is 0 Å². The van der Waals surface area contributed by atoms with E-state index in [0.29, 0.717) is 19.0 Å². The average molecular weight is 259 g/mol. The summed E-state index contributed by atoms with van der Waals surface area (Å²) in [5.41, 5.74) is 9.74. The van der Waals surface area contributed by atoms with Gasteiger partial charge in [0.05, 0.1) is 13.2 Å². The quantitative estimate of drug-likeness (QED) is 0.834. The molecule has 2 N–H and O–H groups in total. The molecule has 0 aromatic heterocycles. The summed E-state index contributed by atoms with van der Waals surface area (Å²) in [4.78, 5) is 17.7. The number of nitrogens with zero attached hydrogens (tertiary/aromatic N) is 2. The van der Waals surface area contributed by atoms with Crippen LogP contribution >= 0.6 is 0 Å². The molecule has 0 unspecified atom stereocenters. The summed E-state index contributed by atoms with van der Waals surface area (Å²) in [7, 11) is 0. The fourth-order valence-electron chi connectivity index (χ4n) is 2.63. The summed E-state index contributed by atoms with van der Waals surface area (Å²) in [6.45, 7) is 6.99. The predicted molar refractivity (Wildman–Crippen MR) is 73.7 cm³/mol. The zero-order valence-corrected chi connectivity index (χ0v) is 11.4. The van der Waals surface area contributed by atoms with Gasteiger partial charge in [-0.1, -0.05) is 0 Å². The molecule has 0 aliphatic carbocycles. The van der Waals surface area contributed by atoms with Gasteiger partial charge in [0.25, 0.3) is 0 Å². The minimum atomic E-state index is -0.564. The molecule has 1 spiro atoms. The van der Waals surface area contributed by atoms with Gasteiger partial charge in [-0.15, -0.1) is 0 Å². The number of amides is 2. The van der Waals surface area contributed by atoms with E-state index in [2.05, 4.69) is 11.9 Å². The Kier molecular flexibility index (Phi) is 2.44. The van der Waals surface area contributed by atoms with Crippen LogP contribution < -0.4 is 10.6 Å². The molecule has 19 heavy (non-hydrogen) atoms. The Bertz CT molecular complexity index is 580. The Labute approximate surface area is 112 Å². The maximum absolute atomic E-state index is 12.1. The molecule has 0 radical (unpaired) electrons. The molecule has 100 valence electrons.